The highest BCUT2D eigenvalue weighted by Gasteiger charge is 2.16. The summed E-state index contributed by atoms with van der Waals surface area (Å²) in [6, 6.07) is 16.3. The van der Waals surface area contributed by atoms with Crippen molar-refractivity contribution in [2.24, 2.45) is 0 Å². The first kappa shape index (κ1) is 17.2. The Labute approximate surface area is 148 Å². The third kappa shape index (κ3) is 4.28. The molecule has 3 aromatic rings. The molecule has 0 spiro atoms. The third-order valence-corrected chi connectivity index (χ3v) is 4.65. The number of aromatic amines is 1. The van der Waals surface area contributed by atoms with Crippen LogP contribution in [0.4, 0.5) is 5.69 Å². The molecule has 1 aromatic heterocycles. The number of quaternary nitrogens is 1. The number of carbonyl (C=O) groups is 1. The molecule has 0 saturated heterocycles. The van der Waals surface area contributed by atoms with E-state index in [2.05, 4.69) is 59.1 Å². The molecule has 0 saturated carbocycles. The van der Waals surface area contributed by atoms with Gasteiger partial charge in [-0.2, -0.15) is 0 Å². The van der Waals surface area contributed by atoms with Gasteiger partial charge in [-0.15, -0.1) is 0 Å². The normalized spacial score (nSPS) is 12.2. The number of nitrogens with two attached hydrogens (primary N) is 1. The van der Waals surface area contributed by atoms with Crippen LogP contribution in [-0.2, 0) is 17.6 Å². The summed E-state index contributed by atoms with van der Waals surface area (Å²) in [6.07, 6.45) is 4.01. The van der Waals surface area contributed by atoms with Gasteiger partial charge in [0.05, 0.1) is 6.54 Å². The molecule has 0 aliphatic rings. The maximum Gasteiger partial charge on any atom is 0.282 e. The van der Waals surface area contributed by atoms with Gasteiger partial charge in [0.25, 0.3) is 5.91 Å². The van der Waals surface area contributed by atoms with Crippen LogP contribution in [-0.4, -0.2) is 23.5 Å². The molecule has 25 heavy (non-hydrogen) atoms. The van der Waals surface area contributed by atoms with Crippen molar-refractivity contribution < 1.29 is 10.1 Å². The Kier molecular flexibility index (Phi) is 5.51. The Morgan fingerprint density at radius 2 is 1.92 bits per heavy atom. The Hall–Kier alpha value is -2.59. The molecule has 0 bridgehead atoms. The van der Waals surface area contributed by atoms with Gasteiger partial charge in [0.15, 0.2) is 6.04 Å². The van der Waals surface area contributed by atoms with Gasteiger partial charge in [0.2, 0.25) is 0 Å². The smallest absolute Gasteiger partial charge is 0.282 e. The molecule has 1 atom stereocenters. The lowest BCUT2D eigenvalue weighted by molar-refractivity contribution is -0.672. The summed E-state index contributed by atoms with van der Waals surface area (Å²) in [4.78, 5) is 15.6. The first-order valence-electron chi connectivity index (χ1n) is 8.95. The number of nitrogens with one attached hydrogen (secondary N) is 2. The Balaban J connectivity index is 1.49. The van der Waals surface area contributed by atoms with Gasteiger partial charge in [-0.1, -0.05) is 37.3 Å². The monoisotopic (exact) mass is 336 g/mol. The third-order valence-electron chi connectivity index (χ3n) is 4.65. The molecule has 2 aromatic carbocycles. The van der Waals surface area contributed by atoms with Gasteiger partial charge < -0.3 is 15.6 Å². The summed E-state index contributed by atoms with van der Waals surface area (Å²) < 4.78 is 0. The highest BCUT2D eigenvalue weighted by atomic mass is 16.2. The molecule has 0 aliphatic heterocycles. The number of para-hydroxylation sites is 1. The number of aromatic nitrogens is 1. The van der Waals surface area contributed by atoms with Crippen LogP contribution >= 0.6 is 0 Å². The lowest BCUT2D eigenvalue weighted by Crippen LogP contribution is -2.92. The zero-order valence-electron chi connectivity index (χ0n) is 14.9. The number of rotatable bonds is 7. The van der Waals surface area contributed by atoms with Gasteiger partial charge in [-0.05, 0) is 42.7 Å². The highest BCUT2D eigenvalue weighted by Crippen LogP contribution is 2.17. The number of hydrogen-bond acceptors (Lipinski definition) is 1. The van der Waals surface area contributed by atoms with Gasteiger partial charge >= 0.3 is 0 Å². The van der Waals surface area contributed by atoms with Gasteiger partial charge in [-0.3, -0.25) is 4.79 Å². The second kappa shape index (κ2) is 7.99. The number of amides is 1. The minimum Gasteiger partial charge on any atom is -0.361 e. The fourth-order valence-corrected chi connectivity index (χ4v) is 3.01. The largest absolute Gasteiger partial charge is 0.361 e. The van der Waals surface area contributed by atoms with Crippen molar-refractivity contribution in [2.75, 3.05) is 11.9 Å². The quantitative estimate of drug-likeness (QED) is 0.610. The zero-order chi connectivity index (χ0) is 17.6. The predicted molar refractivity (Wildman–Crippen MR) is 103 cm³/mol. The molecule has 0 aliphatic carbocycles. The number of hydrogen-bond donors (Lipinski definition) is 3. The Bertz CT molecular complexity index is 836. The van der Waals surface area contributed by atoms with Crippen molar-refractivity contribution in [3.63, 3.8) is 0 Å². The molecule has 1 heterocycles. The first-order chi connectivity index (χ1) is 12.2. The second-order valence-electron chi connectivity index (χ2n) is 6.46. The van der Waals surface area contributed by atoms with Crippen LogP contribution in [0.2, 0.25) is 0 Å². The Morgan fingerprint density at radius 3 is 2.68 bits per heavy atom. The summed E-state index contributed by atoms with van der Waals surface area (Å²) in [7, 11) is 0. The van der Waals surface area contributed by atoms with Gasteiger partial charge in [0.1, 0.15) is 0 Å². The summed E-state index contributed by atoms with van der Waals surface area (Å²) in [5.41, 5.74) is 4.60. The standard InChI is InChI=1S/C21H25N3O/c1-3-16-8-10-18(11-9-16)24-21(25)15(2)22-13-12-17-14-23-20-7-5-4-6-19(17)20/h4-11,14-15,22-23H,3,12-13H2,1-2H3,(H,24,25)/p+1/t15-/m0/s1. The van der Waals surface area contributed by atoms with E-state index >= 15 is 0 Å². The number of fused-ring (bicyclic) bond motifs is 1. The summed E-state index contributed by atoms with van der Waals surface area (Å²) in [6.45, 7) is 4.95. The van der Waals surface area contributed by atoms with Crippen molar-refractivity contribution in [1.82, 2.24) is 4.98 Å². The maximum absolute atomic E-state index is 12.3. The van der Waals surface area contributed by atoms with E-state index in [9.17, 15) is 4.79 Å². The van der Waals surface area contributed by atoms with E-state index in [0.29, 0.717) is 0 Å². The first-order valence-corrected chi connectivity index (χ1v) is 8.95. The lowest BCUT2D eigenvalue weighted by Gasteiger charge is -2.11. The van der Waals surface area contributed by atoms with Crippen LogP contribution < -0.4 is 10.6 Å². The molecule has 1 amide bonds. The topological polar surface area (TPSA) is 61.5 Å². The fourth-order valence-electron chi connectivity index (χ4n) is 3.01. The van der Waals surface area contributed by atoms with Crippen molar-refractivity contribution >= 4 is 22.5 Å². The van der Waals surface area contributed by atoms with E-state index in [0.717, 1.165) is 25.1 Å². The van der Waals surface area contributed by atoms with E-state index in [4.69, 9.17) is 0 Å². The number of H-pyrrole nitrogens is 1. The van der Waals surface area contributed by atoms with E-state index in [1.54, 1.807) is 0 Å². The van der Waals surface area contributed by atoms with Crippen LogP contribution in [0.5, 0.6) is 0 Å². The van der Waals surface area contributed by atoms with E-state index < -0.39 is 0 Å². The van der Waals surface area contributed by atoms with Crippen LogP contribution in [0.25, 0.3) is 10.9 Å². The molecular formula is C21H26N3O+. The second-order valence-corrected chi connectivity index (χ2v) is 6.46. The van der Waals surface area contributed by atoms with E-state index in [1.807, 2.05) is 25.1 Å². The molecule has 130 valence electrons. The average molecular weight is 336 g/mol. The zero-order valence-corrected chi connectivity index (χ0v) is 14.9. The molecule has 0 radical (unpaired) electrons. The summed E-state index contributed by atoms with van der Waals surface area (Å²) in [5.74, 6) is 0.0446. The van der Waals surface area contributed by atoms with Crippen molar-refractivity contribution in [3.8, 4) is 0 Å². The van der Waals surface area contributed by atoms with Crippen LogP contribution in [0.15, 0.2) is 54.7 Å². The number of aryl methyl sites for hydroxylation is 1. The van der Waals surface area contributed by atoms with Crippen molar-refractivity contribution in [2.45, 2.75) is 32.7 Å². The maximum atomic E-state index is 12.3. The Morgan fingerprint density at radius 1 is 1.16 bits per heavy atom. The lowest BCUT2D eigenvalue weighted by atomic mass is 10.1. The van der Waals surface area contributed by atoms with Crippen LogP contribution in [0.1, 0.15) is 25.0 Å². The number of carbonyl (C=O) groups excluding carboxylic acids is 1. The molecule has 4 N–H and O–H groups in total. The van der Waals surface area contributed by atoms with E-state index in [1.165, 1.54) is 22.0 Å². The molecular weight excluding hydrogens is 310 g/mol. The average Bonchev–Trinajstić information content (AvgIpc) is 3.05. The van der Waals surface area contributed by atoms with E-state index in [-0.39, 0.29) is 11.9 Å². The fraction of sp³-hybridized carbons (Fsp3) is 0.286. The molecule has 4 nitrogen and oxygen atoms in total. The molecule has 0 fully saturated rings. The molecule has 4 heteroatoms. The number of anilines is 1. The van der Waals surface area contributed by atoms with Crippen molar-refractivity contribution in [1.29, 1.82) is 0 Å². The SMILES string of the molecule is CCc1ccc(NC(=O)[C@H](C)[NH2+]CCc2c[nH]c3ccccc23)cc1. The number of benzene rings is 2. The van der Waals surface area contributed by atoms with Crippen LogP contribution in [0, 0.1) is 0 Å². The van der Waals surface area contributed by atoms with Crippen molar-refractivity contribution in [3.05, 3.63) is 65.9 Å². The molecule has 3 rings (SSSR count). The van der Waals surface area contributed by atoms with Gasteiger partial charge in [-0.25, -0.2) is 0 Å². The predicted octanol–water partition coefficient (Wildman–Crippen LogP) is 2.86. The minimum absolute atomic E-state index is 0.0446. The van der Waals surface area contributed by atoms with Gasteiger partial charge in [0, 0.05) is 29.2 Å². The highest BCUT2D eigenvalue weighted by molar-refractivity contribution is 5.93. The summed E-state index contributed by atoms with van der Waals surface area (Å²) in [5, 5.41) is 6.35. The minimum atomic E-state index is -0.115. The summed E-state index contributed by atoms with van der Waals surface area (Å²) >= 11 is 0. The van der Waals surface area contributed by atoms with Crippen LogP contribution in [0.3, 0.4) is 0 Å². The molecule has 0 unspecified atom stereocenters.